The molecule has 1 amide bonds. The van der Waals surface area contributed by atoms with Crippen LogP contribution >= 0.6 is 0 Å². The third-order valence-electron chi connectivity index (χ3n) is 1.94. The number of carbonyl (C=O) groups excluding carboxylic acids is 1. The van der Waals surface area contributed by atoms with Gasteiger partial charge in [-0.05, 0) is 13.8 Å². The van der Waals surface area contributed by atoms with Gasteiger partial charge in [-0.1, -0.05) is 10.3 Å². The molecule has 0 saturated heterocycles. The molecule has 0 spiro atoms. The molecule has 0 radical (unpaired) electrons. The molecule has 0 bridgehead atoms. The maximum atomic E-state index is 11.1. The van der Waals surface area contributed by atoms with Crippen LogP contribution in [0.5, 0.6) is 0 Å². The van der Waals surface area contributed by atoms with E-state index in [9.17, 15) is 4.79 Å². The molecule has 6 nitrogen and oxygen atoms in total. The van der Waals surface area contributed by atoms with Crippen LogP contribution in [-0.4, -0.2) is 29.3 Å². The minimum atomic E-state index is 0.0556. The van der Waals surface area contributed by atoms with Crippen LogP contribution < -0.4 is 10.6 Å². The number of rotatable bonds is 6. The van der Waals surface area contributed by atoms with Gasteiger partial charge in [0.2, 0.25) is 5.91 Å². The number of carbonyl (C=O) groups is 1. The van der Waals surface area contributed by atoms with Crippen molar-refractivity contribution >= 4 is 5.91 Å². The van der Waals surface area contributed by atoms with E-state index in [4.69, 9.17) is 0 Å². The number of aromatic nitrogens is 2. The summed E-state index contributed by atoms with van der Waals surface area (Å²) in [4.78, 5) is 11.1. The highest BCUT2D eigenvalue weighted by Gasteiger charge is 2.04. The van der Waals surface area contributed by atoms with E-state index < -0.39 is 0 Å². The van der Waals surface area contributed by atoms with Crippen LogP contribution in [0.4, 0.5) is 0 Å². The predicted octanol–water partition coefficient (Wildman–Crippen LogP) is -0.00618. The molecule has 2 N–H and O–H groups in total. The third-order valence-corrected chi connectivity index (χ3v) is 1.94. The topological polar surface area (TPSA) is 80.0 Å². The number of nitrogens with one attached hydrogen (secondary N) is 2. The Morgan fingerprint density at radius 1 is 1.47 bits per heavy atom. The van der Waals surface area contributed by atoms with Crippen molar-refractivity contribution in [3.8, 4) is 0 Å². The molecule has 0 atom stereocenters. The normalized spacial score (nSPS) is 10.3. The number of hydrogen-bond donors (Lipinski definition) is 2. The number of amides is 1. The summed E-state index contributed by atoms with van der Waals surface area (Å²) in [6, 6.07) is 0. The Balaban J connectivity index is 2.12. The van der Waals surface area contributed by atoms with Gasteiger partial charge in [0, 0.05) is 26.1 Å². The first-order chi connectivity index (χ1) is 7.24. The zero-order valence-corrected chi connectivity index (χ0v) is 9.04. The van der Waals surface area contributed by atoms with Gasteiger partial charge in [-0.15, -0.1) is 0 Å². The van der Waals surface area contributed by atoms with Gasteiger partial charge < -0.3 is 10.6 Å². The minimum absolute atomic E-state index is 0.0556. The minimum Gasteiger partial charge on any atom is -0.356 e. The fraction of sp³-hybridized carbons (Fsp3) is 0.667. The molecule has 0 aliphatic rings. The second kappa shape index (κ2) is 6.13. The summed E-state index contributed by atoms with van der Waals surface area (Å²) in [5.74, 6) is 0.0556. The van der Waals surface area contributed by atoms with Crippen LogP contribution in [0, 0.1) is 6.92 Å². The van der Waals surface area contributed by atoms with Gasteiger partial charge >= 0.3 is 0 Å². The Labute approximate surface area is 88.4 Å². The molecule has 84 valence electrons. The van der Waals surface area contributed by atoms with Crippen molar-refractivity contribution < 1.29 is 9.42 Å². The summed E-state index contributed by atoms with van der Waals surface area (Å²) in [7, 11) is 0. The molecular formula is C9H16N4O2. The summed E-state index contributed by atoms with van der Waals surface area (Å²) < 4.78 is 4.54. The molecule has 0 fully saturated rings. The largest absolute Gasteiger partial charge is 0.356 e. The van der Waals surface area contributed by atoms with Gasteiger partial charge in [-0.25, -0.2) is 4.63 Å². The molecule has 15 heavy (non-hydrogen) atoms. The zero-order chi connectivity index (χ0) is 11.1. The van der Waals surface area contributed by atoms with E-state index in [0.717, 1.165) is 11.4 Å². The summed E-state index contributed by atoms with van der Waals surface area (Å²) in [6.45, 7) is 5.60. The number of aryl methyl sites for hydroxylation is 1. The fourth-order valence-electron chi connectivity index (χ4n) is 1.10. The second-order valence-electron chi connectivity index (χ2n) is 3.18. The lowest BCUT2D eigenvalue weighted by atomic mass is 10.3. The highest BCUT2D eigenvalue weighted by Crippen LogP contribution is 1.98. The lowest BCUT2D eigenvalue weighted by Gasteiger charge is -2.02. The monoisotopic (exact) mass is 212 g/mol. The van der Waals surface area contributed by atoms with E-state index in [0.29, 0.717) is 26.1 Å². The fourth-order valence-corrected chi connectivity index (χ4v) is 1.10. The molecule has 0 unspecified atom stereocenters. The third kappa shape index (κ3) is 4.07. The average Bonchev–Trinajstić information content (AvgIpc) is 2.60. The van der Waals surface area contributed by atoms with Crippen molar-refractivity contribution in [3.63, 3.8) is 0 Å². The van der Waals surface area contributed by atoms with Gasteiger partial charge in [0.05, 0.1) is 0 Å². The van der Waals surface area contributed by atoms with Crippen molar-refractivity contribution in [2.45, 2.75) is 26.8 Å². The first-order valence-corrected chi connectivity index (χ1v) is 4.99. The molecule has 0 aliphatic carbocycles. The van der Waals surface area contributed by atoms with E-state index >= 15 is 0 Å². The first-order valence-electron chi connectivity index (χ1n) is 4.99. The van der Waals surface area contributed by atoms with Gasteiger partial charge in [-0.2, -0.15) is 0 Å². The Bertz CT molecular complexity index is 311. The van der Waals surface area contributed by atoms with Crippen molar-refractivity contribution in [2.24, 2.45) is 0 Å². The average molecular weight is 212 g/mol. The summed E-state index contributed by atoms with van der Waals surface area (Å²) in [6.07, 6.45) is 0.470. The van der Waals surface area contributed by atoms with Gasteiger partial charge in [0.25, 0.3) is 0 Å². The number of hydrogen-bond acceptors (Lipinski definition) is 5. The lowest BCUT2D eigenvalue weighted by Crippen LogP contribution is -2.27. The summed E-state index contributed by atoms with van der Waals surface area (Å²) in [5, 5.41) is 13.2. The Hall–Kier alpha value is -1.43. The molecule has 1 aromatic rings. The predicted molar refractivity (Wildman–Crippen MR) is 54.0 cm³/mol. The molecule has 0 aliphatic heterocycles. The van der Waals surface area contributed by atoms with Gasteiger partial charge in [-0.3, -0.25) is 4.79 Å². The molecule has 6 heteroatoms. The lowest BCUT2D eigenvalue weighted by molar-refractivity contribution is -0.120. The van der Waals surface area contributed by atoms with Crippen LogP contribution in [-0.2, 0) is 11.3 Å². The molecule has 1 rings (SSSR count). The zero-order valence-electron chi connectivity index (χ0n) is 9.04. The highest BCUT2D eigenvalue weighted by atomic mass is 16.6. The summed E-state index contributed by atoms with van der Waals surface area (Å²) in [5.41, 5.74) is 1.56. The molecule has 1 heterocycles. The maximum Gasteiger partial charge on any atom is 0.221 e. The first kappa shape index (κ1) is 11.6. The second-order valence-corrected chi connectivity index (χ2v) is 3.18. The van der Waals surface area contributed by atoms with Crippen LogP contribution in [0.1, 0.15) is 24.7 Å². The highest BCUT2D eigenvalue weighted by molar-refractivity contribution is 5.75. The Morgan fingerprint density at radius 2 is 2.27 bits per heavy atom. The van der Waals surface area contributed by atoms with Crippen molar-refractivity contribution in [2.75, 3.05) is 13.1 Å². The van der Waals surface area contributed by atoms with Gasteiger partial charge in [0.15, 0.2) is 0 Å². The van der Waals surface area contributed by atoms with Gasteiger partial charge in [0.1, 0.15) is 11.4 Å². The SMILES string of the molecule is CCNC(=O)CCNCc1nonc1C. The van der Waals surface area contributed by atoms with Crippen LogP contribution in [0.15, 0.2) is 4.63 Å². The smallest absolute Gasteiger partial charge is 0.221 e. The Morgan fingerprint density at radius 3 is 2.87 bits per heavy atom. The van der Waals surface area contributed by atoms with E-state index in [1.54, 1.807) is 0 Å². The molecule has 0 aromatic carbocycles. The van der Waals surface area contributed by atoms with Crippen LogP contribution in [0.3, 0.4) is 0 Å². The molecule has 1 aromatic heterocycles. The molecule has 0 saturated carbocycles. The maximum absolute atomic E-state index is 11.1. The quantitative estimate of drug-likeness (QED) is 0.648. The van der Waals surface area contributed by atoms with E-state index in [1.807, 2.05) is 13.8 Å². The van der Waals surface area contributed by atoms with Crippen molar-refractivity contribution in [1.29, 1.82) is 0 Å². The van der Waals surface area contributed by atoms with Crippen molar-refractivity contribution in [1.82, 2.24) is 20.9 Å². The van der Waals surface area contributed by atoms with E-state index in [1.165, 1.54) is 0 Å². The standard InChI is InChI=1S/C9H16N4O2/c1-3-11-9(14)4-5-10-6-8-7(2)12-15-13-8/h10H,3-6H2,1-2H3,(H,11,14). The van der Waals surface area contributed by atoms with Crippen LogP contribution in [0.2, 0.25) is 0 Å². The van der Waals surface area contributed by atoms with E-state index in [2.05, 4.69) is 25.6 Å². The molecular weight excluding hydrogens is 196 g/mol. The van der Waals surface area contributed by atoms with Crippen LogP contribution in [0.25, 0.3) is 0 Å². The van der Waals surface area contributed by atoms with Crippen molar-refractivity contribution in [3.05, 3.63) is 11.4 Å². The van der Waals surface area contributed by atoms with E-state index in [-0.39, 0.29) is 5.91 Å². The number of nitrogens with zero attached hydrogens (tertiary/aromatic N) is 2. The summed E-state index contributed by atoms with van der Waals surface area (Å²) >= 11 is 0. The Kier molecular flexibility index (Phi) is 4.76.